The molecule has 0 heterocycles. The van der Waals surface area contributed by atoms with Crippen LogP contribution in [0.15, 0.2) is 36.5 Å². The van der Waals surface area contributed by atoms with Gasteiger partial charge in [0.1, 0.15) is 0 Å². The van der Waals surface area contributed by atoms with E-state index >= 15 is 0 Å². The first-order valence-electron chi connectivity index (χ1n) is 30.8. The van der Waals surface area contributed by atoms with Crippen molar-refractivity contribution >= 4 is 11.9 Å². The summed E-state index contributed by atoms with van der Waals surface area (Å²) in [6, 6.07) is -0.629. The smallest absolute Gasteiger partial charge is 0.305 e. The molecule has 2 unspecified atom stereocenters. The number of esters is 1. The zero-order valence-electron chi connectivity index (χ0n) is 46.3. The lowest BCUT2D eigenvalue weighted by Crippen LogP contribution is -2.45. The quantitative estimate of drug-likeness (QED) is 0.0321. The monoisotopic (exact) mass is 970 g/mol. The Hall–Kier alpha value is -1.92. The second kappa shape index (κ2) is 58.6. The number of carbonyl (C=O) groups excluding carboxylic acids is 2. The highest BCUT2D eigenvalue weighted by Crippen LogP contribution is 2.17. The fraction of sp³-hybridized carbons (Fsp3) is 0.873. The molecule has 0 aromatic heterocycles. The molecular weight excluding hydrogens is 851 g/mol. The van der Waals surface area contributed by atoms with E-state index < -0.39 is 12.1 Å². The van der Waals surface area contributed by atoms with Crippen LogP contribution in [0.3, 0.4) is 0 Å². The molecule has 0 fully saturated rings. The summed E-state index contributed by atoms with van der Waals surface area (Å²) in [5, 5.41) is 23.1. The third-order valence-electron chi connectivity index (χ3n) is 14.2. The van der Waals surface area contributed by atoms with Crippen molar-refractivity contribution in [3.63, 3.8) is 0 Å². The van der Waals surface area contributed by atoms with Crippen LogP contribution in [0.4, 0.5) is 0 Å². The molecule has 0 rings (SSSR count). The molecule has 0 saturated carbocycles. The van der Waals surface area contributed by atoms with Crippen LogP contribution in [-0.4, -0.2) is 47.4 Å². The van der Waals surface area contributed by atoms with E-state index in [0.29, 0.717) is 19.4 Å². The second-order valence-corrected chi connectivity index (χ2v) is 21.0. The van der Waals surface area contributed by atoms with Gasteiger partial charge in [-0.15, -0.1) is 0 Å². The van der Waals surface area contributed by atoms with Crippen LogP contribution in [0.25, 0.3) is 0 Å². The van der Waals surface area contributed by atoms with Gasteiger partial charge in [-0.2, -0.15) is 0 Å². The molecule has 0 aromatic rings. The van der Waals surface area contributed by atoms with Crippen molar-refractivity contribution in [2.24, 2.45) is 0 Å². The Kier molecular flexibility index (Phi) is 57.0. The summed E-state index contributed by atoms with van der Waals surface area (Å²) >= 11 is 0. The van der Waals surface area contributed by atoms with Crippen molar-refractivity contribution in [1.29, 1.82) is 0 Å². The van der Waals surface area contributed by atoms with Gasteiger partial charge in [0.15, 0.2) is 0 Å². The lowest BCUT2D eigenvalue weighted by atomic mass is 10.0. The van der Waals surface area contributed by atoms with E-state index in [2.05, 4.69) is 43.5 Å². The average molecular weight is 971 g/mol. The zero-order valence-corrected chi connectivity index (χ0v) is 46.3. The fourth-order valence-corrected chi connectivity index (χ4v) is 9.43. The van der Waals surface area contributed by atoms with E-state index in [1.54, 1.807) is 6.08 Å². The van der Waals surface area contributed by atoms with Gasteiger partial charge in [-0.25, -0.2) is 0 Å². The largest absolute Gasteiger partial charge is 0.466 e. The third-order valence-corrected chi connectivity index (χ3v) is 14.2. The van der Waals surface area contributed by atoms with Crippen LogP contribution in [0, 0.1) is 0 Å². The van der Waals surface area contributed by atoms with E-state index in [1.165, 1.54) is 250 Å². The number of hydrogen-bond donors (Lipinski definition) is 3. The summed E-state index contributed by atoms with van der Waals surface area (Å²) < 4.78 is 5.50. The van der Waals surface area contributed by atoms with Crippen LogP contribution in [0.5, 0.6) is 0 Å². The van der Waals surface area contributed by atoms with Crippen molar-refractivity contribution in [3.05, 3.63) is 36.5 Å². The summed E-state index contributed by atoms with van der Waals surface area (Å²) in [5.41, 5.74) is 0. The standard InChI is InChI=1S/C63H119NO5/c1-3-5-7-9-11-13-15-17-18-19-22-26-29-33-37-41-45-49-53-57-63(68)69-58-54-50-46-42-38-34-30-27-24-21-20-23-25-28-32-36-40-44-48-52-56-62(67)64-60(59-65)61(66)55-51-47-43-39-35-31-16-14-12-10-8-6-4-2/h11,13,17-18,51,55,60-61,65-66H,3-10,12,14-16,19-50,52-54,56-59H2,1-2H3,(H,64,67)/b13-11-,18-17-,55-51+. The number of aliphatic hydroxyl groups excluding tert-OH is 2. The number of hydrogen-bond acceptors (Lipinski definition) is 5. The molecule has 6 nitrogen and oxygen atoms in total. The van der Waals surface area contributed by atoms with Gasteiger partial charge in [0.05, 0.1) is 25.4 Å². The second-order valence-electron chi connectivity index (χ2n) is 21.0. The Morgan fingerprint density at radius 2 is 0.725 bits per heavy atom. The maximum absolute atomic E-state index is 12.4. The summed E-state index contributed by atoms with van der Waals surface area (Å²) in [6.45, 7) is 4.88. The van der Waals surface area contributed by atoms with E-state index in [9.17, 15) is 19.8 Å². The molecule has 0 saturated heterocycles. The Bertz CT molecular complexity index is 1120. The van der Waals surface area contributed by atoms with Gasteiger partial charge in [0, 0.05) is 12.8 Å². The lowest BCUT2D eigenvalue weighted by molar-refractivity contribution is -0.143. The summed E-state index contributed by atoms with van der Waals surface area (Å²) in [7, 11) is 0. The maximum atomic E-state index is 12.4. The number of aliphatic hydroxyl groups is 2. The predicted octanol–water partition coefficient (Wildman–Crippen LogP) is 19.2. The highest BCUT2D eigenvalue weighted by Gasteiger charge is 2.18. The Morgan fingerprint density at radius 3 is 1.13 bits per heavy atom. The summed E-state index contributed by atoms with van der Waals surface area (Å²) in [6.07, 6.45) is 73.2. The molecule has 0 radical (unpaired) electrons. The Labute approximate surface area is 430 Å². The molecule has 406 valence electrons. The highest BCUT2D eigenvalue weighted by molar-refractivity contribution is 5.76. The van der Waals surface area contributed by atoms with E-state index in [-0.39, 0.29) is 18.5 Å². The molecule has 0 aliphatic carbocycles. The topological polar surface area (TPSA) is 95.9 Å². The van der Waals surface area contributed by atoms with Crippen molar-refractivity contribution in [2.75, 3.05) is 13.2 Å². The Morgan fingerprint density at radius 1 is 0.406 bits per heavy atom. The first-order chi connectivity index (χ1) is 34.0. The van der Waals surface area contributed by atoms with E-state index in [4.69, 9.17) is 4.74 Å². The van der Waals surface area contributed by atoms with Crippen molar-refractivity contribution in [1.82, 2.24) is 5.32 Å². The molecule has 2 atom stereocenters. The van der Waals surface area contributed by atoms with Crippen LogP contribution >= 0.6 is 0 Å². The molecule has 3 N–H and O–H groups in total. The molecule has 0 aromatic carbocycles. The zero-order chi connectivity index (χ0) is 50.0. The van der Waals surface area contributed by atoms with Crippen LogP contribution < -0.4 is 5.32 Å². The lowest BCUT2D eigenvalue weighted by Gasteiger charge is -2.20. The van der Waals surface area contributed by atoms with Crippen LogP contribution in [0.2, 0.25) is 0 Å². The van der Waals surface area contributed by atoms with Crippen molar-refractivity contribution in [3.8, 4) is 0 Å². The minimum absolute atomic E-state index is 0.00614. The maximum Gasteiger partial charge on any atom is 0.305 e. The SMILES string of the molecule is CCCCC/C=C\C/C=C\CCCCCCCCCCCC(=O)OCCCCCCCCCCCCCCCCCCCCCCC(=O)NC(CO)C(O)/C=C/CCCCCCCCCCCCC. The first-order valence-corrected chi connectivity index (χ1v) is 30.8. The normalized spacial score (nSPS) is 12.8. The van der Waals surface area contributed by atoms with Gasteiger partial charge < -0.3 is 20.3 Å². The fourth-order valence-electron chi connectivity index (χ4n) is 9.43. The van der Waals surface area contributed by atoms with Gasteiger partial charge >= 0.3 is 5.97 Å². The summed E-state index contributed by atoms with van der Waals surface area (Å²) in [5.74, 6) is -0.0635. The minimum atomic E-state index is -0.845. The van der Waals surface area contributed by atoms with Gasteiger partial charge in [0.25, 0.3) is 0 Å². The third kappa shape index (κ3) is 55.2. The number of rotatable bonds is 57. The van der Waals surface area contributed by atoms with Gasteiger partial charge in [0.2, 0.25) is 5.91 Å². The number of carbonyl (C=O) groups is 2. The van der Waals surface area contributed by atoms with Gasteiger partial charge in [-0.3, -0.25) is 9.59 Å². The van der Waals surface area contributed by atoms with Crippen molar-refractivity contribution < 1.29 is 24.5 Å². The predicted molar refractivity (Wildman–Crippen MR) is 301 cm³/mol. The molecule has 0 aliphatic heterocycles. The molecule has 0 aliphatic rings. The van der Waals surface area contributed by atoms with E-state index in [0.717, 1.165) is 51.4 Å². The van der Waals surface area contributed by atoms with Gasteiger partial charge in [-0.1, -0.05) is 288 Å². The molecule has 6 heteroatoms. The van der Waals surface area contributed by atoms with Crippen molar-refractivity contribution in [2.45, 2.75) is 341 Å². The number of amides is 1. The number of ether oxygens (including phenoxy) is 1. The molecular formula is C63H119NO5. The Balaban J connectivity index is 3.39. The van der Waals surface area contributed by atoms with E-state index in [1.807, 2.05) is 6.08 Å². The first kappa shape index (κ1) is 67.1. The number of allylic oxidation sites excluding steroid dienone is 5. The molecule has 0 bridgehead atoms. The number of unbranched alkanes of at least 4 members (excludes halogenated alkanes) is 42. The molecule has 0 spiro atoms. The van der Waals surface area contributed by atoms with Crippen LogP contribution in [0.1, 0.15) is 328 Å². The van der Waals surface area contributed by atoms with Gasteiger partial charge in [-0.05, 0) is 64.2 Å². The molecule has 1 amide bonds. The molecule has 69 heavy (non-hydrogen) atoms. The number of nitrogens with one attached hydrogen (secondary N) is 1. The summed E-state index contributed by atoms with van der Waals surface area (Å²) in [4.78, 5) is 24.5. The average Bonchev–Trinajstić information content (AvgIpc) is 3.35. The highest BCUT2D eigenvalue weighted by atomic mass is 16.5. The minimum Gasteiger partial charge on any atom is -0.466 e. The van der Waals surface area contributed by atoms with Crippen LogP contribution in [-0.2, 0) is 14.3 Å².